The quantitative estimate of drug-likeness (QED) is 0.472. The Kier molecular flexibility index (Phi) is 4.86. The van der Waals surface area contributed by atoms with Gasteiger partial charge in [0.05, 0.1) is 29.5 Å². The summed E-state index contributed by atoms with van der Waals surface area (Å²) in [7, 11) is 0. The number of hydrogen-bond donors (Lipinski definition) is 2. The third kappa shape index (κ3) is 3.75. The molecule has 2 N–H and O–H groups in total. The molecule has 2 saturated carbocycles. The third-order valence-electron chi connectivity index (χ3n) is 6.94. The van der Waals surface area contributed by atoms with Crippen molar-refractivity contribution >= 4 is 28.0 Å². The normalized spacial score (nSPS) is 20.8. The maximum atomic E-state index is 12.2. The Morgan fingerprint density at radius 1 is 1.21 bits per heavy atom. The van der Waals surface area contributed by atoms with Crippen molar-refractivity contribution in [2.75, 3.05) is 0 Å². The van der Waals surface area contributed by atoms with E-state index in [9.17, 15) is 4.79 Å². The lowest BCUT2D eigenvalue weighted by molar-refractivity contribution is -0.122. The van der Waals surface area contributed by atoms with Crippen LogP contribution in [0.1, 0.15) is 51.0 Å². The number of nitrogens with zero attached hydrogens (tertiary/aromatic N) is 6. The van der Waals surface area contributed by atoms with Gasteiger partial charge in [-0.3, -0.25) is 9.48 Å². The van der Waals surface area contributed by atoms with E-state index in [1.54, 1.807) is 10.9 Å². The van der Waals surface area contributed by atoms with Gasteiger partial charge in [0.1, 0.15) is 23.5 Å². The lowest BCUT2D eigenvalue weighted by Gasteiger charge is -2.29. The van der Waals surface area contributed by atoms with E-state index in [-0.39, 0.29) is 12.5 Å². The molecule has 0 spiro atoms. The molecular formula is C24H26N8O. The fraction of sp³-hybridized carbons (Fsp3) is 0.458. The van der Waals surface area contributed by atoms with Crippen LogP contribution in [-0.4, -0.2) is 41.2 Å². The maximum Gasteiger partial charge on any atom is 0.241 e. The van der Waals surface area contributed by atoms with Crippen LogP contribution >= 0.6 is 0 Å². The molecule has 9 heteroatoms. The second-order valence-electron chi connectivity index (χ2n) is 9.34. The Balaban J connectivity index is 1.38. The zero-order valence-corrected chi connectivity index (χ0v) is 18.4. The van der Waals surface area contributed by atoms with Gasteiger partial charge in [0.15, 0.2) is 0 Å². The average molecular weight is 443 g/mol. The topological polar surface area (TPSA) is 117 Å². The van der Waals surface area contributed by atoms with Gasteiger partial charge in [0.25, 0.3) is 0 Å². The molecule has 2 aliphatic carbocycles. The number of amides is 1. The summed E-state index contributed by atoms with van der Waals surface area (Å²) in [6.07, 6.45) is 14.3. The van der Waals surface area contributed by atoms with E-state index in [1.165, 1.54) is 0 Å². The van der Waals surface area contributed by atoms with Gasteiger partial charge in [0, 0.05) is 36.3 Å². The lowest BCUT2D eigenvalue weighted by Crippen LogP contribution is -2.29. The van der Waals surface area contributed by atoms with Crippen LogP contribution in [0.3, 0.4) is 0 Å². The number of nitrogens with one attached hydrogen (secondary N) is 2. The summed E-state index contributed by atoms with van der Waals surface area (Å²) < 4.78 is 4.03. The Morgan fingerprint density at radius 3 is 2.85 bits per heavy atom. The van der Waals surface area contributed by atoms with Gasteiger partial charge in [-0.05, 0) is 50.5 Å². The third-order valence-corrected chi connectivity index (χ3v) is 6.94. The Labute approximate surface area is 190 Å². The van der Waals surface area contributed by atoms with Crippen LogP contribution in [0.15, 0.2) is 30.9 Å². The van der Waals surface area contributed by atoms with Crippen molar-refractivity contribution in [3.63, 3.8) is 0 Å². The molecule has 33 heavy (non-hydrogen) atoms. The molecule has 0 bridgehead atoms. The first kappa shape index (κ1) is 20.0. The summed E-state index contributed by atoms with van der Waals surface area (Å²) in [5.74, 6) is 1.33. The molecule has 0 atom stereocenters. The summed E-state index contributed by atoms with van der Waals surface area (Å²) >= 11 is 0. The Morgan fingerprint density at radius 2 is 2.06 bits per heavy atom. The van der Waals surface area contributed by atoms with Crippen molar-refractivity contribution < 1.29 is 4.79 Å². The molecule has 168 valence electrons. The van der Waals surface area contributed by atoms with E-state index in [2.05, 4.69) is 37.1 Å². The number of aromatic nitrogens is 6. The van der Waals surface area contributed by atoms with Crippen molar-refractivity contribution in [3.8, 4) is 17.5 Å². The minimum atomic E-state index is -0.00491. The number of carbonyl (C=O) groups is 1. The molecule has 6 rings (SSSR count). The van der Waals surface area contributed by atoms with E-state index < -0.39 is 0 Å². The minimum absolute atomic E-state index is 0.00491. The number of carbonyl (C=O) groups excluding carboxylic acids is 1. The molecular weight excluding hydrogens is 416 g/mol. The highest BCUT2D eigenvalue weighted by molar-refractivity contribution is 6.02. The second kappa shape index (κ2) is 8.03. The van der Waals surface area contributed by atoms with Gasteiger partial charge in [0.2, 0.25) is 5.91 Å². The number of imidazole rings is 1. The van der Waals surface area contributed by atoms with E-state index in [4.69, 9.17) is 10.2 Å². The molecule has 0 unspecified atom stereocenters. The largest absolute Gasteiger partial charge is 0.352 e. The second-order valence-corrected chi connectivity index (χ2v) is 9.34. The van der Waals surface area contributed by atoms with Gasteiger partial charge in [-0.2, -0.15) is 10.4 Å². The molecule has 0 aliphatic heterocycles. The highest BCUT2D eigenvalue weighted by Gasteiger charge is 2.28. The Bertz CT molecular complexity index is 1360. The van der Waals surface area contributed by atoms with Crippen LogP contribution in [0.25, 0.3) is 33.5 Å². The summed E-state index contributed by atoms with van der Waals surface area (Å²) in [5, 5.41) is 17.6. The Hall–Kier alpha value is -3.67. The molecule has 0 aromatic carbocycles. The van der Waals surface area contributed by atoms with E-state index in [0.717, 1.165) is 72.0 Å². The van der Waals surface area contributed by atoms with Crippen molar-refractivity contribution in [2.24, 2.45) is 5.92 Å². The fourth-order valence-corrected chi connectivity index (χ4v) is 5.10. The highest BCUT2D eigenvalue weighted by Crippen LogP contribution is 2.40. The van der Waals surface area contributed by atoms with Crippen molar-refractivity contribution in [1.82, 2.24) is 34.6 Å². The van der Waals surface area contributed by atoms with Crippen molar-refractivity contribution in [3.05, 3.63) is 30.9 Å². The first-order chi connectivity index (χ1) is 16.2. The minimum Gasteiger partial charge on any atom is -0.352 e. The summed E-state index contributed by atoms with van der Waals surface area (Å²) in [6.45, 7) is 0.208. The number of hydrogen-bond acceptors (Lipinski definition) is 5. The monoisotopic (exact) mass is 442 g/mol. The highest BCUT2D eigenvalue weighted by atomic mass is 16.2. The smallest absolute Gasteiger partial charge is 0.241 e. The molecule has 2 fully saturated rings. The number of pyridine rings is 1. The van der Waals surface area contributed by atoms with Crippen molar-refractivity contribution in [1.29, 1.82) is 5.26 Å². The zero-order valence-electron chi connectivity index (χ0n) is 18.4. The maximum absolute atomic E-state index is 12.2. The van der Waals surface area contributed by atoms with E-state index in [1.807, 2.05) is 18.6 Å². The number of nitriles is 1. The number of H-pyrrole nitrogens is 1. The fourth-order valence-electron chi connectivity index (χ4n) is 5.10. The van der Waals surface area contributed by atoms with Gasteiger partial charge in [-0.15, -0.1) is 0 Å². The molecule has 9 nitrogen and oxygen atoms in total. The van der Waals surface area contributed by atoms with Crippen LogP contribution in [0.4, 0.5) is 0 Å². The zero-order chi connectivity index (χ0) is 22.4. The molecule has 4 aromatic rings. The summed E-state index contributed by atoms with van der Waals surface area (Å²) in [4.78, 5) is 25.0. The molecule has 2 aliphatic rings. The molecule has 0 saturated heterocycles. The standard InChI is InChI=1S/C24H26N8O/c25-9-7-15-1-5-18(6-2-15)32-22-19-8-10-26-23(19)27-12-20(22)30-24(32)16-11-28-31(13-16)14-21(33)29-17-3-4-17/h8,10-13,15,17-18H,1-7,14H2,(H,26,27)(H,29,33). The molecule has 1 amide bonds. The van der Waals surface area contributed by atoms with Crippen LogP contribution in [-0.2, 0) is 11.3 Å². The van der Waals surface area contributed by atoms with E-state index >= 15 is 0 Å². The van der Waals surface area contributed by atoms with Crippen LogP contribution in [0.2, 0.25) is 0 Å². The van der Waals surface area contributed by atoms with Crippen LogP contribution < -0.4 is 5.32 Å². The number of rotatable bonds is 6. The predicted molar refractivity (Wildman–Crippen MR) is 123 cm³/mol. The first-order valence-corrected chi connectivity index (χ1v) is 11.7. The average Bonchev–Trinajstić information content (AvgIpc) is 3.19. The predicted octanol–water partition coefficient (Wildman–Crippen LogP) is 3.70. The summed E-state index contributed by atoms with van der Waals surface area (Å²) in [5.41, 5.74) is 3.68. The molecule has 4 aromatic heterocycles. The number of aromatic amines is 1. The lowest BCUT2D eigenvalue weighted by atomic mass is 9.84. The van der Waals surface area contributed by atoms with Crippen LogP contribution in [0, 0.1) is 17.2 Å². The number of fused-ring (bicyclic) bond motifs is 3. The SMILES string of the molecule is N#CCC1CCC(n2c(-c3cnn(CC(=O)NC4CC4)c3)nc3cnc4[nH]ccc4c32)CC1. The summed E-state index contributed by atoms with van der Waals surface area (Å²) in [6, 6.07) is 5.02. The van der Waals surface area contributed by atoms with Gasteiger partial charge >= 0.3 is 0 Å². The van der Waals surface area contributed by atoms with Crippen molar-refractivity contribution in [2.45, 2.75) is 63.6 Å². The molecule has 4 heterocycles. The van der Waals surface area contributed by atoms with Gasteiger partial charge < -0.3 is 14.9 Å². The first-order valence-electron chi connectivity index (χ1n) is 11.7. The molecule has 0 radical (unpaired) electrons. The van der Waals surface area contributed by atoms with Gasteiger partial charge in [-0.25, -0.2) is 9.97 Å². The van der Waals surface area contributed by atoms with Crippen LogP contribution in [0.5, 0.6) is 0 Å². The van der Waals surface area contributed by atoms with Gasteiger partial charge in [-0.1, -0.05) is 0 Å². The van der Waals surface area contributed by atoms with E-state index in [0.29, 0.717) is 24.4 Å².